The minimum Gasteiger partial charge on any atom is -0.300 e. The third-order valence-electron chi connectivity index (χ3n) is 1.76. The van der Waals surface area contributed by atoms with E-state index in [4.69, 9.17) is 0 Å². The number of hydrogen-bond donors (Lipinski definition) is 0. The molecule has 0 aliphatic rings. The highest BCUT2D eigenvalue weighted by atomic mass is 16.1. The predicted octanol–water partition coefficient (Wildman–Crippen LogP) is 3.43. The van der Waals surface area contributed by atoms with E-state index >= 15 is 0 Å². The van der Waals surface area contributed by atoms with Crippen LogP contribution in [0.1, 0.15) is 54.4 Å². The summed E-state index contributed by atoms with van der Waals surface area (Å²) >= 11 is 0. The van der Waals surface area contributed by atoms with Crippen molar-refractivity contribution in [3.05, 3.63) is 0 Å². The van der Waals surface area contributed by atoms with Crippen molar-refractivity contribution >= 4 is 5.78 Å². The molecule has 0 aromatic carbocycles. The highest BCUT2D eigenvalue weighted by Crippen LogP contribution is 2.24. The van der Waals surface area contributed by atoms with Gasteiger partial charge in [0.15, 0.2) is 0 Å². The molecule has 14 heavy (non-hydrogen) atoms. The number of ketones is 1. The molecule has 0 unspecified atom stereocenters. The van der Waals surface area contributed by atoms with Crippen LogP contribution in [0.5, 0.6) is 0 Å². The Morgan fingerprint density at radius 1 is 1.14 bits per heavy atom. The fraction of sp³-hybridized carbons (Fsp3) is 0.769. The van der Waals surface area contributed by atoms with Crippen molar-refractivity contribution in [2.75, 3.05) is 0 Å². The fourth-order valence-electron chi connectivity index (χ4n) is 1.29. The van der Waals surface area contributed by atoms with E-state index < -0.39 is 0 Å². The molecule has 0 aliphatic heterocycles. The van der Waals surface area contributed by atoms with Crippen LogP contribution in [0.3, 0.4) is 0 Å². The van der Waals surface area contributed by atoms with Crippen molar-refractivity contribution in [3.63, 3.8) is 0 Å². The molecule has 0 aliphatic carbocycles. The van der Waals surface area contributed by atoms with Gasteiger partial charge in [-0.15, -0.1) is 5.92 Å². The lowest BCUT2D eigenvalue weighted by molar-refractivity contribution is -0.118. The molecule has 80 valence electrons. The molecule has 0 spiro atoms. The number of carbonyl (C=O) groups excluding carboxylic acids is 1. The maximum absolute atomic E-state index is 11.0. The average Bonchev–Trinajstić information content (AvgIpc) is 1.78. The first-order valence-corrected chi connectivity index (χ1v) is 5.12. The van der Waals surface area contributed by atoms with E-state index in [-0.39, 0.29) is 16.6 Å². The van der Waals surface area contributed by atoms with Crippen LogP contribution < -0.4 is 0 Å². The van der Waals surface area contributed by atoms with Crippen molar-refractivity contribution in [3.8, 4) is 11.8 Å². The lowest BCUT2D eigenvalue weighted by Crippen LogP contribution is -2.14. The molecular weight excluding hydrogens is 172 g/mol. The van der Waals surface area contributed by atoms with Crippen LogP contribution in [0.4, 0.5) is 0 Å². The normalized spacial score (nSPS) is 11.9. The Balaban J connectivity index is 4.22. The van der Waals surface area contributed by atoms with Crippen molar-refractivity contribution in [1.82, 2.24) is 0 Å². The number of Topliss-reactive ketones (excluding diaryl/α,β-unsaturated/α-hetero) is 1. The van der Waals surface area contributed by atoms with Crippen LogP contribution in [0.15, 0.2) is 0 Å². The van der Waals surface area contributed by atoms with Crippen LogP contribution in [-0.4, -0.2) is 5.78 Å². The predicted molar refractivity (Wildman–Crippen MR) is 60.9 cm³/mol. The summed E-state index contributed by atoms with van der Waals surface area (Å²) in [7, 11) is 0. The molecule has 0 radical (unpaired) electrons. The Hall–Kier alpha value is -0.770. The first-order valence-electron chi connectivity index (χ1n) is 5.12. The fourth-order valence-corrected chi connectivity index (χ4v) is 1.29. The Morgan fingerprint density at radius 3 is 2.00 bits per heavy atom. The molecule has 0 heterocycles. The molecule has 1 heteroatoms. The van der Waals surface area contributed by atoms with Gasteiger partial charge in [0.2, 0.25) is 0 Å². The maximum Gasteiger partial charge on any atom is 0.130 e. The Bertz CT molecular complexity index is 255. The van der Waals surface area contributed by atoms with Gasteiger partial charge in [0.25, 0.3) is 0 Å². The molecule has 0 fully saturated rings. The van der Waals surface area contributed by atoms with Gasteiger partial charge in [0.1, 0.15) is 5.78 Å². The zero-order chi connectivity index (χ0) is 11.4. The van der Waals surface area contributed by atoms with Crippen LogP contribution >= 0.6 is 0 Å². The van der Waals surface area contributed by atoms with Crippen LogP contribution in [0.25, 0.3) is 0 Å². The Kier molecular flexibility index (Phi) is 4.39. The molecule has 0 saturated heterocycles. The molecule has 0 aromatic rings. The highest BCUT2D eigenvalue weighted by molar-refractivity contribution is 5.76. The summed E-state index contributed by atoms with van der Waals surface area (Å²) in [6.07, 6.45) is 1.41. The van der Waals surface area contributed by atoms with E-state index in [0.717, 1.165) is 6.42 Å². The molecule has 0 amide bonds. The van der Waals surface area contributed by atoms with Gasteiger partial charge in [0, 0.05) is 18.3 Å². The minimum absolute atomic E-state index is 0.0179. The van der Waals surface area contributed by atoms with E-state index in [2.05, 4.69) is 46.5 Å². The SMILES string of the molecule is CC(=O)CC(C)(C)CC#CC(C)(C)C. The summed E-state index contributed by atoms with van der Waals surface area (Å²) in [5.41, 5.74) is 0.0797. The van der Waals surface area contributed by atoms with E-state index in [1.807, 2.05) is 0 Å². The quantitative estimate of drug-likeness (QED) is 0.629. The van der Waals surface area contributed by atoms with Crippen LogP contribution in [0.2, 0.25) is 0 Å². The summed E-state index contributed by atoms with van der Waals surface area (Å²) in [5.74, 6) is 6.60. The number of rotatable bonds is 3. The standard InChI is InChI=1S/C13H22O/c1-11(14)10-13(5,6)9-7-8-12(2,3)4/h9-10H2,1-6H3. The Morgan fingerprint density at radius 2 is 1.64 bits per heavy atom. The zero-order valence-electron chi connectivity index (χ0n) is 10.3. The first-order chi connectivity index (χ1) is 6.12. The zero-order valence-corrected chi connectivity index (χ0v) is 10.3. The van der Waals surface area contributed by atoms with Gasteiger partial charge in [-0.2, -0.15) is 0 Å². The monoisotopic (exact) mass is 194 g/mol. The largest absolute Gasteiger partial charge is 0.300 e. The molecule has 0 rings (SSSR count). The van der Waals surface area contributed by atoms with Gasteiger partial charge >= 0.3 is 0 Å². The summed E-state index contributed by atoms with van der Waals surface area (Å²) < 4.78 is 0. The number of hydrogen-bond acceptors (Lipinski definition) is 1. The second-order valence-electron chi connectivity index (χ2n) is 5.77. The van der Waals surface area contributed by atoms with Crippen LogP contribution in [0, 0.1) is 22.7 Å². The van der Waals surface area contributed by atoms with E-state index in [0.29, 0.717) is 6.42 Å². The molecule has 0 aromatic heterocycles. The molecule has 1 nitrogen and oxygen atoms in total. The molecule has 0 N–H and O–H groups in total. The number of carbonyl (C=O) groups is 1. The topological polar surface area (TPSA) is 17.1 Å². The first kappa shape index (κ1) is 13.2. The molecule has 0 atom stereocenters. The van der Waals surface area contributed by atoms with Gasteiger partial charge in [0.05, 0.1) is 0 Å². The summed E-state index contributed by atoms with van der Waals surface area (Å²) in [5, 5.41) is 0. The molecule has 0 saturated carbocycles. The molecule has 0 bridgehead atoms. The van der Waals surface area contributed by atoms with Crippen molar-refractivity contribution in [1.29, 1.82) is 0 Å². The van der Waals surface area contributed by atoms with Gasteiger partial charge in [-0.05, 0) is 33.1 Å². The second-order valence-corrected chi connectivity index (χ2v) is 5.77. The van der Waals surface area contributed by atoms with E-state index in [1.54, 1.807) is 6.92 Å². The minimum atomic E-state index is 0.0179. The molecular formula is C13H22O. The van der Waals surface area contributed by atoms with Crippen molar-refractivity contribution in [2.24, 2.45) is 10.8 Å². The lowest BCUT2D eigenvalue weighted by Gasteiger charge is -2.20. The van der Waals surface area contributed by atoms with E-state index in [9.17, 15) is 4.79 Å². The third-order valence-corrected chi connectivity index (χ3v) is 1.76. The average molecular weight is 194 g/mol. The van der Waals surface area contributed by atoms with Gasteiger partial charge < -0.3 is 4.79 Å². The highest BCUT2D eigenvalue weighted by Gasteiger charge is 2.18. The van der Waals surface area contributed by atoms with Crippen molar-refractivity contribution in [2.45, 2.75) is 54.4 Å². The third kappa shape index (κ3) is 7.86. The van der Waals surface area contributed by atoms with Gasteiger partial charge in [-0.25, -0.2) is 0 Å². The summed E-state index contributed by atoms with van der Waals surface area (Å²) in [6, 6.07) is 0. The van der Waals surface area contributed by atoms with Gasteiger partial charge in [-0.3, -0.25) is 0 Å². The summed E-state index contributed by atoms with van der Waals surface area (Å²) in [4.78, 5) is 11.0. The van der Waals surface area contributed by atoms with Crippen molar-refractivity contribution < 1.29 is 4.79 Å². The maximum atomic E-state index is 11.0. The second kappa shape index (κ2) is 4.64. The lowest BCUT2D eigenvalue weighted by atomic mass is 9.84. The van der Waals surface area contributed by atoms with Crippen LogP contribution in [-0.2, 0) is 4.79 Å². The smallest absolute Gasteiger partial charge is 0.130 e. The Labute approximate surface area is 88.3 Å². The summed E-state index contributed by atoms with van der Waals surface area (Å²) in [6.45, 7) is 12.1. The van der Waals surface area contributed by atoms with E-state index in [1.165, 1.54) is 0 Å². The van der Waals surface area contributed by atoms with Gasteiger partial charge in [-0.1, -0.05) is 19.8 Å².